The van der Waals surface area contributed by atoms with E-state index in [9.17, 15) is 14.7 Å². The van der Waals surface area contributed by atoms with Crippen molar-refractivity contribution in [2.24, 2.45) is 11.7 Å². The fourth-order valence-corrected chi connectivity index (χ4v) is 4.40. The second-order valence-corrected chi connectivity index (χ2v) is 8.04. The Kier molecular flexibility index (Phi) is 6.07. The van der Waals surface area contributed by atoms with E-state index in [0.29, 0.717) is 10.6 Å². The van der Waals surface area contributed by atoms with Crippen LogP contribution in [-0.2, 0) is 20.7 Å². The van der Waals surface area contributed by atoms with Crippen molar-refractivity contribution < 1.29 is 19.4 Å². The number of nitrogens with two attached hydrogens (primary N) is 1. The molecule has 0 fully saturated rings. The van der Waals surface area contributed by atoms with Crippen LogP contribution in [0.1, 0.15) is 22.6 Å². The largest absolute Gasteiger partial charge is 0.481 e. The number of carbonyl (C=O) groups excluding carboxylic acids is 1. The summed E-state index contributed by atoms with van der Waals surface area (Å²) < 4.78 is 5.52. The van der Waals surface area contributed by atoms with Gasteiger partial charge in [-0.25, -0.2) is 0 Å². The van der Waals surface area contributed by atoms with Crippen LogP contribution in [0.15, 0.2) is 72.8 Å². The standard InChI is InChI=1S/C25H22ClNO4/c26-21-12-6-1-7-15(21)13-22(27)23(24(28)29)25(30)31-14-20-18-10-4-2-8-16(18)17-9-3-5-11-19(17)20/h1-12,20,22-23H,13-14,27H2,(H,28,29)/t22-,23-/m1/s1. The summed E-state index contributed by atoms with van der Waals surface area (Å²) in [6, 6.07) is 22.0. The van der Waals surface area contributed by atoms with E-state index in [4.69, 9.17) is 22.1 Å². The first kappa shape index (κ1) is 21.1. The number of aliphatic carboxylic acids is 1. The number of carboxylic acids is 1. The molecular formula is C25H22ClNO4. The number of hydrogen-bond acceptors (Lipinski definition) is 4. The van der Waals surface area contributed by atoms with Gasteiger partial charge < -0.3 is 15.6 Å². The Morgan fingerprint density at radius 1 is 0.935 bits per heavy atom. The molecule has 0 aliphatic heterocycles. The lowest BCUT2D eigenvalue weighted by Gasteiger charge is -2.21. The molecular weight excluding hydrogens is 414 g/mol. The highest BCUT2D eigenvalue weighted by Gasteiger charge is 2.36. The Hall–Kier alpha value is -3.15. The molecule has 3 N–H and O–H groups in total. The number of halogens is 1. The lowest BCUT2D eigenvalue weighted by molar-refractivity contribution is -0.159. The monoisotopic (exact) mass is 435 g/mol. The molecule has 4 rings (SSSR count). The van der Waals surface area contributed by atoms with Crippen molar-refractivity contribution in [3.8, 4) is 11.1 Å². The van der Waals surface area contributed by atoms with Crippen LogP contribution in [0.3, 0.4) is 0 Å². The van der Waals surface area contributed by atoms with Gasteiger partial charge in [0.05, 0.1) is 0 Å². The average molecular weight is 436 g/mol. The van der Waals surface area contributed by atoms with Crippen LogP contribution in [0, 0.1) is 5.92 Å². The van der Waals surface area contributed by atoms with Crippen LogP contribution in [0.2, 0.25) is 5.02 Å². The predicted molar refractivity (Wildman–Crippen MR) is 119 cm³/mol. The minimum atomic E-state index is -1.48. The van der Waals surface area contributed by atoms with Gasteiger partial charge >= 0.3 is 11.9 Å². The van der Waals surface area contributed by atoms with Crippen molar-refractivity contribution in [2.75, 3.05) is 6.61 Å². The highest BCUT2D eigenvalue weighted by atomic mass is 35.5. The Morgan fingerprint density at radius 3 is 2.06 bits per heavy atom. The van der Waals surface area contributed by atoms with Crippen molar-refractivity contribution in [3.63, 3.8) is 0 Å². The molecule has 158 valence electrons. The van der Waals surface area contributed by atoms with E-state index in [0.717, 1.165) is 22.3 Å². The van der Waals surface area contributed by atoms with Gasteiger partial charge in [-0.15, -0.1) is 0 Å². The minimum Gasteiger partial charge on any atom is -0.481 e. The molecule has 0 radical (unpaired) electrons. The number of ether oxygens (including phenoxy) is 1. The number of carbonyl (C=O) groups is 2. The molecule has 3 aromatic carbocycles. The first-order chi connectivity index (χ1) is 15.0. The third kappa shape index (κ3) is 4.20. The maximum absolute atomic E-state index is 12.8. The van der Waals surface area contributed by atoms with Crippen molar-refractivity contribution in [2.45, 2.75) is 18.4 Å². The van der Waals surface area contributed by atoms with Crippen LogP contribution < -0.4 is 5.73 Å². The Labute approximate surface area is 185 Å². The maximum atomic E-state index is 12.8. The second kappa shape index (κ2) is 8.92. The Morgan fingerprint density at radius 2 is 1.48 bits per heavy atom. The van der Waals surface area contributed by atoms with E-state index in [-0.39, 0.29) is 18.9 Å². The zero-order valence-corrected chi connectivity index (χ0v) is 17.5. The lowest BCUT2D eigenvalue weighted by atomic mass is 9.94. The smallest absolute Gasteiger partial charge is 0.321 e. The molecule has 2 atom stereocenters. The van der Waals surface area contributed by atoms with Gasteiger partial charge in [0, 0.05) is 17.0 Å². The van der Waals surface area contributed by atoms with E-state index in [2.05, 4.69) is 0 Å². The number of esters is 1. The maximum Gasteiger partial charge on any atom is 0.321 e. The topological polar surface area (TPSA) is 89.6 Å². The molecule has 0 aromatic heterocycles. The summed E-state index contributed by atoms with van der Waals surface area (Å²) in [7, 11) is 0. The number of hydrogen-bond donors (Lipinski definition) is 2. The van der Waals surface area contributed by atoms with Gasteiger partial charge in [0.1, 0.15) is 6.61 Å². The zero-order chi connectivity index (χ0) is 22.0. The summed E-state index contributed by atoms with van der Waals surface area (Å²) in [6.45, 7) is 0.0510. The highest BCUT2D eigenvalue weighted by Crippen LogP contribution is 2.44. The third-order valence-corrected chi connectivity index (χ3v) is 6.09. The van der Waals surface area contributed by atoms with E-state index >= 15 is 0 Å². The number of benzene rings is 3. The summed E-state index contributed by atoms with van der Waals surface area (Å²) in [5.41, 5.74) is 11.1. The average Bonchev–Trinajstić information content (AvgIpc) is 3.07. The Bertz CT molecular complexity index is 1080. The summed E-state index contributed by atoms with van der Waals surface area (Å²) in [6.07, 6.45) is 0.154. The van der Waals surface area contributed by atoms with Crippen LogP contribution in [-0.4, -0.2) is 29.7 Å². The fraction of sp³-hybridized carbons (Fsp3) is 0.200. The van der Waals surface area contributed by atoms with Crippen LogP contribution in [0.4, 0.5) is 0 Å². The van der Waals surface area contributed by atoms with E-state index in [1.165, 1.54) is 0 Å². The van der Waals surface area contributed by atoms with Gasteiger partial charge in [0.15, 0.2) is 5.92 Å². The number of carboxylic acid groups (broad SMARTS) is 1. The van der Waals surface area contributed by atoms with Crippen molar-refractivity contribution >= 4 is 23.5 Å². The minimum absolute atomic E-state index is 0.0510. The molecule has 1 aliphatic rings. The SMILES string of the molecule is N[C@H](Cc1ccccc1Cl)[C@H](C(=O)O)C(=O)OCC1c2ccccc2-c2ccccc21. The molecule has 0 amide bonds. The highest BCUT2D eigenvalue weighted by molar-refractivity contribution is 6.31. The first-order valence-corrected chi connectivity index (χ1v) is 10.4. The van der Waals surface area contributed by atoms with Gasteiger partial charge in [0.2, 0.25) is 0 Å². The molecule has 0 spiro atoms. The van der Waals surface area contributed by atoms with Crippen molar-refractivity contribution in [3.05, 3.63) is 94.5 Å². The number of rotatable bonds is 7. The van der Waals surface area contributed by atoms with Gasteiger partial charge in [-0.2, -0.15) is 0 Å². The summed E-state index contributed by atoms with van der Waals surface area (Å²) in [5, 5.41) is 10.1. The van der Waals surface area contributed by atoms with Gasteiger partial charge in [-0.3, -0.25) is 9.59 Å². The molecule has 0 saturated heterocycles. The Balaban J connectivity index is 1.50. The lowest BCUT2D eigenvalue weighted by Crippen LogP contribution is -2.43. The zero-order valence-electron chi connectivity index (χ0n) is 16.7. The molecule has 1 aliphatic carbocycles. The van der Waals surface area contributed by atoms with Gasteiger partial charge in [-0.05, 0) is 40.3 Å². The summed E-state index contributed by atoms with van der Waals surface area (Å²) in [4.78, 5) is 24.6. The van der Waals surface area contributed by atoms with Crippen LogP contribution in [0.5, 0.6) is 0 Å². The molecule has 0 saturated carbocycles. The van der Waals surface area contributed by atoms with Gasteiger partial charge in [-0.1, -0.05) is 78.3 Å². The molecule has 6 heteroatoms. The second-order valence-electron chi connectivity index (χ2n) is 7.63. The molecule has 0 unspecified atom stereocenters. The van der Waals surface area contributed by atoms with Gasteiger partial charge in [0.25, 0.3) is 0 Å². The van der Waals surface area contributed by atoms with E-state index in [1.54, 1.807) is 24.3 Å². The van der Waals surface area contributed by atoms with Crippen molar-refractivity contribution in [1.29, 1.82) is 0 Å². The van der Waals surface area contributed by atoms with E-state index in [1.807, 2.05) is 48.5 Å². The normalized spacial score (nSPS) is 14.4. The van der Waals surface area contributed by atoms with E-state index < -0.39 is 23.9 Å². The third-order valence-electron chi connectivity index (χ3n) is 5.72. The molecule has 31 heavy (non-hydrogen) atoms. The first-order valence-electron chi connectivity index (χ1n) is 10.0. The predicted octanol–water partition coefficient (Wildman–Crippen LogP) is 4.27. The molecule has 5 nitrogen and oxygen atoms in total. The van der Waals surface area contributed by atoms with Crippen LogP contribution in [0.25, 0.3) is 11.1 Å². The molecule has 3 aromatic rings. The summed E-state index contributed by atoms with van der Waals surface area (Å²) in [5.74, 6) is -3.78. The quantitative estimate of drug-likeness (QED) is 0.427. The molecule has 0 bridgehead atoms. The number of fused-ring (bicyclic) bond motifs is 3. The van der Waals surface area contributed by atoms with Crippen LogP contribution >= 0.6 is 11.6 Å². The molecule has 0 heterocycles. The van der Waals surface area contributed by atoms with Crippen molar-refractivity contribution in [1.82, 2.24) is 0 Å². The fourth-order valence-electron chi connectivity index (χ4n) is 4.19. The summed E-state index contributed by atoms with van der Waals surface area (Å²) >= 11 is 6.16.